The Labute approximate surface area is 259 Å². The zero-order valence-corrected chi connectivity index (χ0v) is 26.8. The average Bonchev–Trinajstić information content (AvgIpc) is 3.27. The third-order valence-electron chi connectivity index (χ3n) is 11.8. The second-order valence-corrected chi connectivity index (χ2v) is 14.2. The van der Waals surface area contributed by atoms with E-state index in [4.69, 9.17) is 4.74 Å². The van der Waals surface area contributed by atoms with Crippen LogP contribution >= 0.6 is 0 Å². The van der Waals surface area contributed by atoms with Crippen LogP contribution < -0.4 is 0 Å². The molecular formula is C35H47F3N4O2. The predicted molar refractivity (Wildman–Crippen MR) is 163 cm³/mol. The molecule has 2 aromatic rings. The number of carbonyl (C=O) groups is 1. The lowest BCUT2D eigenvalue weighted by Gasteiger charge is -2.56. The predicted octanol–water partition coefficient (Wildman–Crippen LogP) is 7.36. The van der Waals surface area contributed by atoms with E-state index in [1.54, 1.807) is 6.07 Å². The first kappa shape index (κ1) is 31.5. The highest BCUT2D eigenvalue weighted by Crippen LogP contribution is 2.59. The highest BCUT2D eigenvalue weighted by molar-refractivity contribution is 5.96. The lowest BCUT2D eigenvalue weighted by atomic mass is 9.51. The zero-order chi connectivity index (χ0) is 31.4. The quantitative estimate of drug-likeness (QED) is 0.341. The number of benzene rings is 1. The molecule has 1 saturated carbocycles. The van der Waals surface area contributed by atoms with E-state index < -0.39 is 11.7 Å². The Bertz CT molecular complexity index is 1350. The summed E-state index contributed by atoms with van der Waals surface area (Å²) in [6, 6.07) is 4.89. The van der Waals surface area contributed by atoms with E-state index in [9.17, 15) is 18.0 Å². The zero-order valence-electron chi connectivity index (χ0n) is 26.8. The minimum atomic E-state index is -4.35. The molecule has 240 valence electrons. The van der Waals surface area contributed by atoms with Gasteiger partial charge in [0.05, 0.1) is 29.1 Å². The first-order valence-corrected chi connectivity index (χ1v) is 16.5. The van der Waals surface area contributed by atoms with Gasteiger partial charge in [-0.2, -0.15) is 13.2 Å². The van der Waals surface area contributed by atoms with E-state index >= 15 is 0 Å². The molecule has 6 nitrogen and oxygen atoms in total. The van der Waals surface area contributed by atoms with Crippen molar-refractivity contribution in [2.24, 2.45) is 23.2 Å². The van der Waals surface area contributed by atoms with E-state index in [0.717, 1.165) is 74.3 Å². The lowest BCUT2D eigenvalue weighted by molar-refractivity contribution is -0.137. The summed E-state index contributed by atoms with van der Waals surface area (Å²) in [5, 5.41) is 0. The van der Waals surface area contributed by atoms with Crippen molar-refractivity contribution in [1.29, 1.82) is 0 Å². The Morgan fingerprint density at radius 1 is 1.05 bits per heavy atom. The van der Waals surface area contributed by atoms with Crippen LogP contribution in [0.3, 0.4) is 0 Å². The molecule has 3 fully saturated rings. The molecule has 9 heteroatoms. The number of amides is 1. The number of likely N-dealkylation sites (tertiary alicyclic amines) is 2. The molecular weight excluding hydrogens is 565 g/mol. The summed E-state index contributed by atoms with van der Waals surface area (Å²) < 4.78 is 46.6. The Morgan fingerprint density at radius 3 is 2.41 bits per heavy atom. The molecule has 4 aliphatic rings. The fraction of sp³-hybridized carbons (Fsp3) is 0.686. The van der Waals surface area contributed by atoms with Crippen molar-refractivity contribution in [3.63, 3.8) is 0 Å². The molecule has 2 aliphatic heterocycles. The molecule has 4 unspecified atom stereocenters. The third kappa shape index (κ3) is 5.68. The maximum Gasteiger partial charge on any atom is 0.416 e. The molecule has 3 heterocycles. The van der Waals surface area contributed by atoms with Crippen LogP contribution in [0.25, 0.3) is 0 Å². The maximum absolute atomic E-state index is 13.6. The summed E-state index contributed by atoms with van der Waals surface area (Å²) in [5.41, 5.74) is 3.64. The summed E-state index contributed by atoms with van der Waals surface area (Å²) >= 11 is 0. The fourth-order valence-electron chi connectivity index (χ4n) is 9.19. The van der Waals surface area contributed by atoms with E-state index in [2.05, 4.69) is 28.7 Å². The fourth-order valence-corrected chi connectivity index (χ4v) is 9.19. The van der Waals surface area contributed by atoms with Crippen molar-refractivity contribution >= 4 is 5.91 Å². The van der Waals surface area contributed by atoms with E-state index in [1.165, 1.54) is 24.9 Å². The topological polar surface area (TPSA) is 58.6 Å². The summed E-state index contributed by atoms with van der Waals surface area (Å²) in [7, 11) is 0. The van der Waals surface area contributed by atoms with Crippen LogP contribution in [0.4, 0.5) is 13.2 Å². The standard InChI is InChI=1S/C35H47F3N4O2/c1-6-44-19-25-17-31(28-8-7-26(18-29(25)28)35(36,37)38)42-12-9-27-24(15-21(42)2)16-30(27)34(5)10-13-41(14-11-34)33(43)32-22(3)39-20-40-23(32)4/h7-8,18,20-21,24-25,27,30-31H,6,9-17,19H2,1-5H3/t21?,24-,25?,27?,30?,31-/m0/s1. The Kier molecular flexibility index (Phi) is 8.59. The van der Waals surface area contributed by atoms with Gasteiger partial charge in [-0.25, -0.2) is 9.97 Å². The average molecular weight is 613 g/mol. The van der Waals surface area contributed by atoms with Crippen molar-refractivity contribution in [2.45, 2.75) is 97.3 Å². The van der Waals surface area contributed by atoms with Gasteiger partial charge in [0, 0.05) is 37.7 Å². The largest absolute Gasteiger partial charge is 0.416 e. The SMILES string of the molecule is CCOCC1C[C@H](N2CCC3C(C4(C)CCN(C(=O)c5c(C)ncnc5C)CC4)C[C@@H]3CC2C)c2ccc(C(F)(F)F)cc21. The molecule has 0 spiro atoms. The molecule has 0 bridgehead atoms. The number of carbonyl (C=O) groups excluding carboxylic acids is 1. The molecule has 0 radical (unpaired) electrons. The third-order valence-corrected chi connectivity index (χ3v) is 11.8. The second-order valence-electron chi connectivity index (χ2n) is 14.2. The van der Waals surface area contributed by atoms with Gasteiger partial charge in [0.25, 0.3) is 5.91 Å². The van der Waals surface area contributed by atoms with Gasteiger partial charge >= 0.3 is 6.18 Å². The Morgan fingerprint density at radius 2 is 1.75 bits per heavy atom. The van der Waals surface area contributed by atoms with Crippen LogP contribution in [0.15, 0.2) is 24.5 Å². The van der Waals surface area contributed by atoms with Crippen molar-refractivity contribution in [2.75, 3.05) is 32.8 Å². The first-order chi connectivity index (χ1) is 20.9. The van der Waals surface area contributed by atoms with Crippen molar-refractivity contribution in [3.8, 4) is 0 Å². The van der Waals surface area contributed by atoms with E-state index in [1.807, 2.05) is 25.7 Å². The molecule has 6 rings (SSSR count). The number of aryl methyl sites for hydroxylation is 2. The Hall–Kier alpha value is -2.52. The first-order valence-electron chi connectivity index (χ1n) is 16.5. The van der Waals surface area contributed by atoms with Crippen LogP contribution in [0.5, 0.6) is 0 Å². The van der Waals surface area contributed by atoms with E-state index in [-0.39, 0.29) is 23.3 Å². The summed E-state index contributed by atoms with van der Waals surface area (Å²) in [6.07, 6.45) is 3.50. The molecule has 2 saturated heterocycles. The monoisotopic (exact) mass is 612 g/mol. The highest BCUT2D eigenvalue weighted by atomic mass is 19.4. The van der Waals surface area contributed by atoms with Gasteiger partial charge in [0.1, 0.15) is 6.33 Å². The number of alkyl halides is 3. The number of aromatic nitrogens is 2. The summed E-state index contributed by atoms with van der Waals surface area (Å²) in [6.45, 7) is 14.0. The molecule has 2 aliphatic carbocycles. The van der Waals surface area contributed by atoms with Crippen LogP contribution in [-0.2, 0) is 10.9 Å². The number of hydrogen-bond acceptors (Lipinski definition) is 5. The smallest absolute Gasteiger partial charge is 0.381 e. The number of piperidine rings is 1. The van der Waals surface area contributed by atoms with Crippen molar-refractivity contribution < 1.29 is 22.7 Å². The summed E-state index contributed by atoms with van der Waals surface area (Å²) in [4.78, 5) is 26.5. The molecule has 6 atom stereocenters. The minimum absolute atomic E-state index is 0.0148. The maximum atomic E-state index is 13.6. The highest BCUT2D eigenvalue weighted by Gasteiger charge is 2.53. The molecule has 1 aromatic carbocycles. The van der Waals surface area contributed by atoms with Crippen LogP contribution in [0, 0.1) is 37.0 Å². The molecule has 44 heavy (non-hydrogen) atoms. The Balaban J connectivity index is 1.13. The number of halogens is 3. The number of nitrogens with zero attached hydrogens (tertiary/aromatic N) is 4. The normalized spacial score (nSPS) is 30.3. The second kappa shape index (κ2) is 12.0. The lowest BCUT2D eigenvalue weighted by Crippen LogP contribution is -2.52. The van der Waals surface area contributed by atoms with E-state index in [0.29, 0.717) is 42.6 Å². The van der Waals surface area contributed by atoms with Gasteiger partial charge in [-0.1, -0.05) is 13.0 Å². The molecule has 1 aromatic heterocycles. The molecule has 0 N–H and O–H groups in total. The van der Waals surface area contributed by atoms with Gasteiger partial charge < -0.3 is 9.64 Å². The van der Waals surface area contributed by atoms with Gasteiger partial charge in [0.2, 0.25) is 0 Å². The number of hydrogen-bond donors (Lipinski definition) is 0. The van der Waals surface area contributed by atoms with Crippen LogP contribution in [0.1, 0.15) is 110 Å². The number of fused-ring (bicyclic) bond motifs is 2. The van der Waals surface area contributed by atoms with Gasteiger partial charge in [-0.15, -0.1) is 0 Å². The minimum Gasteiger partial charge on any atom is -0.381 e. The van der Waals surface area contributed by atoms with Crippen molar-refractivity contribution in [1.82, 2.24) is 19.8 Å². The number of rotatable bonds is 6. The molecule has 1 amide bonds. The van der Waals surface area contributed by atoms with Crippen LogP contribution in [0.2, 0.25) is 0 Å². The van der Waals surface area contributed by atoms with Gasteiger partial charge in [-0.05, 0) is 119 Å². The summed E-state index contributed by atoms with van der Waals surface area (Å²) in [5.74, 6) is 2.04. The van der Waals surface area contributed by atoms with Crippen molar-refractivity contribution in [3.05, 3.63) is 58.2 Å². The van der Waals surface area contributed by atoms with Gasteiger partial charge in [0.15, 0.2) is 0 Å². The van der Waals surface area contributed by atoms with Gasteiger partial charge in [-0.3, -0.25) is 9.69 Å². The number of ether oxygens (including phenoxy) is 1. The van der Waals surface area contributed by atoms with Crippen LogP contribution in [-0.4, -0.2) is 64.6 Å².